The normalized spacial score (nSPS) is 10.7. The molecule has 0 fully saturated rings. The number of anilines is 2. The van der Waals surface area contributed by atoms with Crippen molar-refractivity contribution in [2.45, 2.75) is 26.8 Å². The van der Waals surface area contributed by atoms with E-state index < -0.39 is 5.97 Å². The van der Waals surface area contributed by atoms with Crippen molar-refractivity contribution in [3.05, 3.63) is 35.4 Å². The Labute approximate surface area is 123 Å². The zero-order valence-corrected chi connectivity index (χ0v) is 12.7. The third-order valence-corrected chi connectivity index (χ3v) is 2.98. The molecule has 0 saturated carbocycles. The number of nitrogens with zero attached hydrogens (tertiary/aromatic N) is 2. The van der Waals surface area contributed by atoms with Crippen LogP contribution in [0.3, 0.4) is 0 Å². The van der Waals surface area contributed by atoms with Gasteiger partial charge in [-0.1, -0.05) is 12.1 Å². The number of methoxy groups -OCH3 is 1. The predicted octanol–water partition coefficient (Wildman–Crippen LogP) is 2.37. The molecular formula is C15H20N4O2. The first kappa shape index (κ1) is 14.9. The highest BCUT2D eigenvalue weighted by atomic mass is 16.5. The molecule has 0 aliphatic carbocycles. The number of hydrogen-bond acceptors (Lipinski definition) is 5. The summed E-state index contributed by atoms with van der Waals surface area (Å²) in [7, 11) is 1.32. The van der Waals surface area contributed by atoms with Crippen LogP contribution in [0.2, 0.25) is 0 Å². The Morgan fingerprint density at radius 2 is 2.14 bits per heavy atom. The van der Waals surface area contributed by atoms with Gasteiger partial charge in [0.05, 0.1) is 12.8 Å². The van der Waals surface area contributed by atoms with Crippen LogP contribution < -0.4 is 11.1 Å². The minimum atomic E-state index is -0.505. The highest BCUT2D eigenvalue weighted by Gasteiger charge is 2.24. The van der Waals surface area contributed by atoms with E-state index >= 15 is 0 Å². The van der Waals surface area contributed by atoms with Gasteiger partial charge in [0.15, 0.2) is 5.82 Å². The van der Waals surface area contributed by atoms with Gasteiger partial charge in [-0.15, -0.1) is 5.10 Å². The summed E-state index contributed by atoms with van der Waals surface area (Å²) in [6, 6.07) is 7.85. The fraction of sp³-hybridized carbons (Fsp3) is 0.333. The lowest BCUT2D eigenvalue weighted by molar-refractivity contribution is 0.0603. The molecule has 2 rings (SSSR count). The highest BCUT2D eigenvalue weighted by Crippen LogP contribution is 2.26. The molecule has 1 aromatic heterocycles. The largest absolute Gasteiger partial charge is 0.465 e. The Kier molecular flexibility index (Phi) is 4.16. The van der Waals surface area contributed by atoms with Crippen LogP contribution in [0.1, 0.15) is 29.8 Å². The van der Waals surface area contributed by atoms with Crippen molar-refractivity contribution < 1.29 is 9.53 Å². The molecular weight excluding hydrogens is 268 g/mol. The lowest BCUT2D eigenvalue weighted by Gasteiger charge is -2.07. The van der Waals surface area contributed by atoms with Crippen molar-refractivity contribution in [2.75, 3.05) is 18.2 Å². The van der Waals surface area contributed by atoms with Crippen LogP contribution in [0.25, 0.3) is 5.69 Å². The summed E-state index contributed by atoms with van der Waals surface area (Å²) < 4.78 is 6.35. The Bertz CT molecular complexity index is 662. The van der Waals surface area contributed by atoms with Gasteiger partial charge in [-0.3, -0.25) is 0 Å². The molecule has 6 heteroatoms. The molecule has 1 aromatic carbocycles. The van der Waals surface area contributed by atoms with Gasteiger partial charge in [0.25, 0.3) is 0 Å². The number of aryl methyl sites for hydroxylation is 1. The molecule has 0 aliphatic heterocycles. The van der Waals surface area contributed by atoms with Crippen LogP contribution in [-0.2, 0) is 4.74 Å². The average molecular weight is 288 g/mol. The molecule has 0 atom stereocenters. The number of nitrogens with two attached hydrogens (primary N) is 1. The SMILES string of the molecule is COC(=O)c1c(NC(C)C)nn(-c2cccc(C)c2)c1N. The molecule has 0 radical (unpaired) electrons. The smallest absolute Gasteiger partial charge is 0.345 e. The molecule has 0 saturated heterocycles. The number of nitrogens with one attached hydrogen (secondary N) is 1. The first-order valence-corrected chi connectivity index (χ1v) is 6.74. The zero-order chi connectivity index (χ0) is 15.6. The molecule has 2 aromatic rings. The first-order valence-electron chi connectivity index (χ1n) is 6.74. The van der Waals surface area contributed by atoms with E-state index in [-0.39, 0.29) is 17.4 Å². The second kappa shape index (κ2) is 5.87. The van der Waals surface area contributed by atoms with E-state index in [9.17, 15) is 4.79 Å². The van der Waals surface area contributed by atoms with Crippen molar-refractivity contribution >= 4 is 17.6 Å². The van der Waals surface area contributed by atoms with E-state index in [4.69, 9.17) is 10.5 Å². The van der Waals surface area contributed by atoms with Gasteiger partial charge in [0.1, 0.15) is 11.4 Å². The Balaban J connectivity index is 2.58. The van der Waals surface area contributed by atoms with E-state index in [0.29, 0.717) is 5.82 Å². The van der Waals surface area contributed by atoms with Crippen LogP contribution in [0.4, 0.5) is 11.6 Å². The molecule has 0 spiro atoms. The highest BCUT2D eigenvalue weighted by molar-refractivity contribution is 6.00. The van der Waals surface area contributed by atoms with Gasteiger partial charge in [0.2, 0.25) is 0 Å². The zero-order valence-electron chi connectivity index (χ0n) is 12.7. The standard InChI is InChI=1S/C15H20N4O2/c1-9(2)17-14-12(15(20)21-4)13(16)19(18-14)11-7-5-6-10(3)8-11/h5-9H,16H2,1-4H3,(H,17,18). The van der Waals surface area contributed by atoms with E-state index in [2.05, 4.69) is 10.4 Å². The molecule has 21 heavy (non-hydrogen) atoms. The van der Waals surface area contributed by atoms with Gasteiger partial charge in [-0.2, -0.15) is 0 Å². The summed E-state index contributed by atoms with van der Waals surface area (Å²) in [5, 5.41) is 7.53. The van der Waals surface area contributed by atoms with Crippen LogP contribution in [0.5, 0.6) is 0 Å². The van der Waals surface area contributed by atoms with E-state index in [1.54, 1.807) is 4.68 Å². The molecule has 0 bridgehead atoms. The van der Waals surface area contributed by atoms with E-state index in [1.807, 2.05) is 45.0 Å². The Morgan fingerprint density at radius 3 is 2.71 bits per heavy atom. The number of carbonyl (C=O) groups is 1. The molecule has 0 amide bonds. The van der Waals surface area contributed by atoms with Crippen molar-refractivity contribution in [3.63, 3.8) is 0 Å². The summed E-state index contributed by atoms with van der Waals surface area (Å²) in [5.74, 6) is 0.181. The number of ether oxygens (including phenoxy) is 1. The number of benzene rings is 1. The topological polar surface area (TPSA) is 82.2 Å². The minimum absolute atomic E-state index is 0.119. The number of hydrogen-bond donors (Lipinski definition) is 2. The van der Waals surface area contributed by atoms with Gasteiger partial charge in [-0.25, -0.2) is 9.48 Å². The third-order valence-electron chi connectivity index (χ3n) is 2.98. The van der Waals surface area contributed by atoms with Crippen LogP contribution in [0, 0.1) is 6.92 Å². The summed E-state index contributed by atoms with van der Waals surface area (Å²) in [6.45, 7) is 5.91. The summed E-state index contributed by atoms with van der Waals surface area (Å²) in [4.78, 5) is 12.0. The average Bonchev–Trinajstić information content (AvgIpc) is 2.74. The van der Waals surface area contributed by atoms with Crippen molar-refractivity contribution in [1.82, 2.24) is 9.78 Å². The van der Waals surface area contributed by atoms with E-state index in [1.165, 1.54) is 7.11 Å². The minimum Gasteiger partial charge on any atom is -0.465 e. The molecule has 0 aliphatic rings. The Morgan fingerprint density at radius 1 is 1.43 bits per heavy atom. The first-order chi connectivity index (χ1) is 9.93. The summed E-state index contributed by atoms with van der Waals surface area (Å²) >= 11 is 0. The number of esters is 1. The van der Waals surface area contributed by atoms with Crippen LogP contribution in [-0.4, -0.2) is 28.9 Å². The monoisotopic (exact) mass is 288 g/mol. The summed E-state index contributed by atoms with van der Waals surface area (Å²) in [6.07, 6.45) is 0. The van der Waals surface area contributed by atoms with Crippen LogP contribution in [0.15, 0.2) is 24.3 Å². The number of carbonyl (C=O) groups excluding carboxylic acids is 1. The number of nitrogen functional groups attached to an aromatic ring is 1. The number of rotatable bonds is 4. The second-order valence-corrected chi connectivity index (χ2v) is 5.15. The predicted molar refractivity (Wildman–Crippen MR) is 82.8 cm³/mol. The van der Waals surface area contributed by atoms with Gasteiger partial charge in [-0.05, 0) is 38.5 Å². The fourth-order valence-electron chi connectivity index (χ4n) is 2.07. The number of aromatic nitrogens is 2. The fourth-order valence-corrected chi connectivity index (χ4v) is 2.07. The van der Waals surface area contributed by atoms with Gasteiger partial charge < -0.3 is 15.8 Å². The lowest BCUT2D eigenvalue weighted by atomic mass is 10.2. The maximum atomic E-state index is 12.0. The third kappa shape index (κ3) is 2.99. The molecule has 112 valence electrons. The van der Waals surface area contributed by atoms with Crippen LogP contribution >= 0.6 is 0 Å². The molecule has 6 nitrogen and oxygen atoms in total. The second-order valence-electron chi connectivity index (χ2n) is 5.15. The molecule has 1 heterocycles. The summed E-state index contributed by atoms with van der Waals surface area (Å²) in [5.41, 5.74) is 8.24. The van der Waals surface area contributed by atoms with Crippen molar-refractivity contribution in [1.29, 1.82) is 0 Å². The molecule has 3 N–H and O–H groups in total. The van der Waals surface area contributed by atoms with Gasteiger partial charge >= 0.3 is 5.97 Å². The van der Waals surface area contributed by atoms with E-state index in [0.717, 1.165) is 11.3 Å². The molecule has 0 unspecified atom stereocenters. The Hall–Kier alpha value is -2.50. The maximum absolute atomic E-state index is 12.0. The maximum Gasteiger partial charge on any atom is 0.345 e. The lowest BCUT2D eigenvalue weighted by Crippen LogP contribution is -2.14. The van der Waals surface area contributed by atoms with Crippen molar-refractivity contribution in [2.24, 2.45) is 0 Å². The van der Waals surface area contributed by atoms with Gasteiger partial charge in [0, 0.05) is 6.04 Å². The van der Waals surface area contributed by atoms with Crippen molar-refractivity contribution in [3.8, 4) is 5.69 Å². The quantitative estimate of drug-likeness (QED) is 0.844.